The van der Waals surface area contributed by atoms with Gasteiger partial charge >= 0.3 is 0 Å². The van der Waals surface area contributed by atoms with E-state index in [1.54, 1.807) is 0 Å². The third kappa shape index (κ3) is 3.21. The molecular formula is C21H27N3. The van der Waals surface area contributed by atoms with E-state index in [2.05, 4.69) is 50.9 Å². The maximum Gasteiger partial charge on any atom is 0.0876 e. The lowest BCUT2D eigenvalue weighted by Crippen LogP contribution is -2.14. The zero-order valence-electron chi connectivity index (χ0n) is 15.1. The maximum absolute atomic E-state index is 6.15. The minimum atomic E-state index is 0.386. The number of pyridine rings is 1. The van der Waals surface area contributed by atoms with Gasteiger partial charge in [0.05, 0.1) is 17.1 Å². The van der Waals surface area contributed by atoms with Gasteiger partial charge in [0.15, 0.2) is 0 Å². The van der Waals surface area contributed by atoms with Crippen molar-refractivity contribution in [3.8, 4) is 0 Å². The molecule has 1 aliphatic rings. The van der Waals surface area contributed by atoms with Gasteiger partial charge in [-0.1, -0.05) is 33.8 Å². The first-order valence-electron chi connectivity index (χ1n) is 8.92. The van der Waals surface area contributed by atoms with E-state index in [0.717, 1.165) is 42.0 Å². The van der Waals surface area contributed by atoms with Crippen LogP contribution in [0.3, 0.4) is 0 Å². The molecule has 0 saturated carbocycles. The Labute approximate surface area is 145 Å². The third-order valence-electron chi connectivity index (χ3n) is 4.71. The van der Waals surface area contributed by atoms with Gasteiger partial charge in [-0.3, -0.25) is 9.98 Å². The standard InChI is InChI=1S/C21H27N3/c1-13(2)17-11-16(22)12-18(14(3)4)21(17)24-19-9-5-7-15-8-6-10-23-20(15)19/h6,8,10-14H,5,7,9,22H2,1-4H3. The van der Waals surface area contributed by atoms with E-state index < -0.39 is 0 Å². The van der Waals surface area contributed by atoms with Gasteiger partial charge in [0.25, 0.3) is 0 Å². The van der Waals surface area contributed by atoms with Gasteiger partial charge in [-0.15, -0.1) is 0 Å². The average molecular weight is 321 g/mol. The predicted molar refractivity (Wildman–Crippen MR) is 102 cm³/mol. The molecular weight excluding hydrogens is 294 g/mol. The molecule has 0 atom stereocenters. The number of nitrogens with zero attached hydrogens (tertiary/aromatic N) is 2. The Morgan fingerprint density at radius 2 is 1.71 bits per heavy atom. The molecule has 1 heterocycles. The highest BCUT2D eigenvalue weighted by Crippen LogP contribution is 2.38. The van der Waals surface area contributed by atoms with Crippen LogP contribution in [-0.2, 0) is 6.42 Å². The molecule has 0 radical (unpaired) electrons. The van der Waals surface area contributed by atoms with Crippen molar-refractivity contribution in [2.75, 3.05) is 5.73 Å². The summed E-state index contributed by atoms with van der Waals surface area (Å²) in [5.74, 6) is 0.772. The predicted octanol–water partition coefficient (Wildman–Crippen LogP) is 5.37. The van der Waals surface area contributed by atoms with Crippen LogP contribution in [0.4, 0.5) is 11.4 Å². The van der Waals surface area contributed by atoms with Crippen molar-refractivity contribution in [2.24, 2.45) is 4.99 Å². The lowest BCUT2D eigenvalue weighted by Gasteiger charge is -2.21. The van der Waals surface area contributed by atoms with Crippen molar-refractivity contribution >= 4 is 17.1 Å². The normalized spacial score (nSPS) is 16.0. The van der Waals surface area contributed by atoms with Gasteiger partial charge in [-0.05, 0) is 66.0 Å². The van der Waals surface area contributed by atoms with E-state index in [-0.39, 0.29) is 0 Å². The summed E-state index contributed by atoms with van der Waals surface area (Å²) in [6.07, 6.45) is 5.09. The van der Waals surface area contributed by atoms with Crippen LogP contribution in [0.25, 0.3) is 0 Å². The summed E-state index contributed by atoms with van der Waals surface area (Å²) in [5, 5.41) is 0. The summed E-state index contributed by atoms with van der Waals surface area (Å²) in [5.41, 5.74) is 14.0. The van der Waals surface area contributed by atoms with Crippen molar-refractivity contribution in [1.82, 2.24) is 4.98 Å². The molecule has 2 N–H and O–H groups in total. The highest BCUT2D eigenvalue weighted by atomic mass is 14.8. The number of hydrogen-bond acceptors (Lipinski definition) is 3. The average Bonchev–Trinajstić information content (AvgIpc) is 2.56. The number of nitrogens with two attached hydrogens (primary N) is 1. The summed E-state index contributed by atoms with van der Waals surface area (Å²) in [6.45, 7) is 8.82. The second-order valence-electron chi connectivity index (χ2n) is 7.28. The summed E-state index contributed by atoms with van der Waals surface area (Å²) in [4.78, 5) is 9.75. The molecule has 1 aromatic carbocycles. The number of hydrogen-bond donors (Lipinski definition) is 1. The topological polar surface area (TPSA) is 51.3 Å². The fourth-order valence-electron chi connectivity index (χ4n) is 3.42. The molecule has 1 aliphatic carbocycles. The zero-order valence-corrected chi connectivity index (χ0v) is 15.1. The van der Waals surface area contributed by atoms with E-state index in [1.807, 2.05) is 12.3 Å². The molecule has 0 saturated heterocycles. The van der Waals surface area contributed by atoms with Crippen molar-refractivity contribution in [3.63, 3.8) is 0 Å². The largest absolute Gasteiger partial charge is 0.399 e. The van der Waals surface area contributed by atoms with Gasteiger partial charge < -0.3 is 5.73 Å². The molecule has 1 aromatic heterocycles. The van der Waals surface area contributed by atoms with E-state index in [1.165, 1.54) is 16.7 Å². The maximum atomic E-state index is 6.15. The Morgan fingerprint density at radius 1 is 1.04 bits per heavy atom. The number of aryl methyl sites for hydroxylation is 1. The first-order valence-corrected chi connectivity index (χ1v) is 8.92. The highest BCUT2D eigenvalue weighted by molar-refractivity contribution is 6.02. The van der Waals surface area contributed by atoms with E-state index in [0.29, 0.717) is 11.8 Å². The lowest BCUT2D eigenvalue weighted by atomic mass is 9.90. The van der Waals surface area contributed by atoms with Gasteiger partial charge in [-0.2, -0.15) is 0 Å². The highest BCUT2D eigenvalue weighted by Gasteiger charge is 2.20. The van der Waals surface area contributed by atoms with Gasteiger partial charge in [0.1, 0.15) is 0 Å². The van der Waals surface area contributed by atoms with Gasteiger partial charge in [0.2, 0.25) is 0 Å². The van der Waals surface area contributed by atoms with Crippen molar-refractivity contribution in [3.05, 3.63) is 52.8 Å². The molecule has 0 unspecified atom stereocenters. The number of aliphatic imine (C=N–C) groups is 1. The molecule has 3 heteroatoms. The molecule has 0 bridgehead atoms. The molecule has 0 amide bonds. The second-order valence-corrected chi connectivity index (χ2v) is 7.28. The summed E-state index contributed by atoms with van der Waals surface area (Å²) < 4.78 is 0. The molecule has 126 valence electrons. The summed E-state index contributed by atoms with van der Waals surface area (Å²) >= 11 is 0. The minimum absolute atomic E-state index is 0.386. The molecule has 0 aliphatic heterocycles. The number of aromatic nitrogens is 1. The number of fused-ring (bicyclic) bond motifs is 1. The SMILES string of the molecule is CC(C)c1cc(N)cc(C(C)C)c1N=C1CCCc2cccnc21. The van der Waals surface area contributed by atoms with E-state index >= 15 is 0 Å². The van der Waals surface area contributed by atoms with Crippen molar-refractivity contribution in [2.45, 2.75) is 58.8 Å². The summed E-state index contributed by atoms with van der Waals surface area (Å²) in [7, 11) is 0. The van der Waals surface area contributed by atoms with E-state index in [9.17, 15) is 0 Å². The molecule has 0 spiro atoms. The van der Waals surface area contributed by atoms with Crippen LogP contribution < -0.4 is 5.73 Å². The van der Waals surface area contributed by atoms with Gasteiger partial charge in [-0.25, -0.2) is 0 Å². The second kappa shape index (κ2) is 6.76. The van der Waals surface area contributed by atoms with Crippen LogP contribution >= 0.6 is 0 Å². The first kappa shape index (κ1) is 16.7. The lowest BCUT2D eigenvalue weighted by molar-refractivity contribution is 0.818. The molecule has 0 fully saturated rings. The van der Waals surface area contributed by atoms with Crippen LogP contribution in [0.1, 0.15) is 74.8 Å². The third-order valence-corrected chi connectivity index (χ3v) is 4.71. The van der Waals surface area contributed by atoms with Crippen LogP contribution in [0.15, 0.2) is 35.5 Å². The van der Waals surface area contributed by atoms with E-state index in [4.69, 9.17) is 10.7 Å². The molecule has 2 aromatic rings. The quantitative estimate of drug-likeness (QED) is 0.773. The van der Waals surface area contributed by atoms with Gasteiger partial charge in [0, 0.05) is 11.9 Å². The Morgan fingerprint density at radius 3 is 2.33 bits per heavy atom. The Bertz CT molecular complexity index is 743. The van der Waals surface area contributed by atoms with Crippen LogP contribution in [0.2, 0.25) is 0 Å². The fourth-order valence-corrected chi connectivity index (χ4v) is 3.42. The summed E-state index contributed by atoms with van der Waals surface area (Å²) in [6, 6.07) is 8.35. The minimum Gasteiger partial charge on any atom is -0.399 e. The number of nitrogen functional groups attached to an aromatic ring is 1. The number of anilines is 1. The van der Waals surface area contributed by atoms with Crippen LogP contribution in [0, 0.1) is 0 Å². The first-order chi connectivity index (χ1) is 11.5. The molecule has 24 heavy (non-hydrogen) atoms. The van der Waals surface area contributed by atoms with Crippen molar-refractivity contribution < 1.29 is 0 Å². The number of rotatable bonds is 3. The Balaban J connectivity index is 2.20. The number of benzene rings is 1. The molecule has 3 rings (SSSR count). The fraction of sp³-hybridized carbons (Fsp3) is 0.429. The van der Waals surface area contributed by atoms with Crippen molar-refractivity contribution in [1.29, 1.82) is 0 Å². The Kier molecular flexibility index (Phi) is 4.70. The van der Waals surface area contributed by atoms with Crippen LogP contribution in [-0.4, -0.2) is 10.7 Å². The monoisotopic (exact) mass is 321 g/mol. The van der Waals surface area contributed by atoms with Crippen LogP contribution in [0.5, 0.6) is 0 Å². The smallest absolute Gasteiger partial charge is 0.0876 e. The molecule has 3 nitrogen and oxygen atoms in total. The zero-order chi connectivity index (χ0) is 17.3. The Hall–Kier alpha value is -2.16.